The van der Waals surface area contributed by atoms with Crippen molar-refractivity contribution in [1.82, 2.24) is 0 Å². The van der Waals surface area contributed by atoms with Gasteiger partial charge in [0.2, 0.25) is 0 Å². The molecule has 0 bridgehead atoms. The molecule has 0 heterocycles. The van der Waals surface area contributed by atoms with Crippen LogP contribution in [0.3, 0.4) is 0 Å². The van der Waals surface area contributed by atoms with Crippen LogP contribution in [0, 0.1) is 0 Å². The van der Waals surface area contributed by atoms with Crippen LogP contribution in [0.15, 0.2) is 30.3 Å². The fraction of sp³-hybridized carbons (Fsp3) is 0.455. The molecule has 1 aromatic rings. The number of halogens is 2. The summed E-state index contributed by atoms with van der Waals surface area (Å²) in [7, 11) is 0. The number of hydrogen-bond acceptors (Lipinski definition) is 0. The van der Waals surface area contributed by atoms with Crippen molar-refractivity contribution in [3.8, 4) is 0 Å². The van der Waals surface area contributed by atoms with Gasteiger partial charge in [0.1, 0.15) is 0 Å². The van der Waals surface area contributed by atoms with E-state index >= 15 is 0 Å². The van der Waals surface area contributed by atoms with E-state index < -0.39 is 6.69 Å². The average Bonchev–Trinajstić information content (AvgIpc) is 2.17. The lowest BCUT2D eigenvalue weighted by Crippen LogP contribution is -2.18. The molecule has 14 heavy (non-hydrogen) atoms. The van der Waals surface area contributed by atoms with Crippen molar-refractivity contribution in [2.24, 2.45) is 0 Å². The number of aryl methyl sites for hydroxylation is 1. The molecule has 0 nitrogen and oxygen atoms in total. The summed E-state index contributed by atoms with van der Waals surface area (Å²) in [5.74, 6) is 0. The van der Waals surface area contributed by atoms with Crippen LogP contribution in [0.25, 0.3) is 0 Å². The first kappa shape index (κ1) is 12.1. The zero-order valence-electron chi connectivity index (χ0n) is 8.47. The van der Waals surface area contributed by atoms with E-state index in [9.17, 15) is 0 Å². The first-order chi connectivity index (χ1) is 6.64. The van der Waals surface area contributed by atoms with Crippen LogP contribution in [-0.2, 0) is 6.42 Å². The summed E-state index contributed by atoms with van der Waals surface area (Å²) < 4.78 is 0. The highest BCUT2D eigenvalue weighted by Gasteiger charge is 2.26. The second-order valence-corrected chi connectivity index (χ2v) is 11.2. The van der Waals surface area contributed by atoms with E-state index in [0.717, 1.165) is 24.9 Å². The van der Waals surface area contributed by atoms with Gasteiger partial charge in [-0.05, 0) is 24.1 Å². The van der Waals surface area contributed by atoms with Gasteiger partial charge in [-0.15, -0.1) is 22.2 Å². The second kappa shape index (κ2) is 5.79. The van der Waals surface area contributed by atoms with Crippen LogP contribution in [0.1, 0.15) is 18.9 Å². The standard InChI is InChI=1S/C11H16Cl2Si/c1-2-9-14(12,13)10-8-11-6-4-3-5-7-11/h3-7H,2,8-10H2,1H3. The van der Waals surface area contributed by atoms with E-state index in [1.165, 1.54) is 5.56 Å². The lowest BCUT2D eigenvalue weighted by atomic mass is 10.2. The molecule has 0 aliphatic rings. The third-order valence-electron chi connectivity index (χ3n) is 2.24. The van der Waals surface area contributed by atoms with Gasteiger partial charge in [-0.25, -0.2) is 0 Å². The molecule has 1 rings (SSSR count). The van der Waals surface area contributed by atoms with Gasteiger partial charge in [-0.1, -0.05) is 43.7 Å². The lowest BCUT2D eigenvalue weighted by Gasteiger charge is -2.15. The summed E-state index contributed by atoms with van der Waals surface area (Å²) in [6.45, 7) is 0.192. The van der Waals surface area contributed by atoms with E-state index in [-0.39, 0.29) is 0 Å². The zero-order chi connectivity index (χ0) is 10.4. The van der Waals surface area contributed by atoms with Gasteiger partial charge in [0.25, 0.3) is 6.69 Å². The minimum Gasteiger partial charge on any atom is -0.146 e. The van der Waals surface area contributed by atoms with Gasteiger partial charge in [0.15, 0.2) is 0 Å². The molecule has 0 amide bonds. The smallest absolute Gasteiger partial charge is 0.146 e. The van der Waals surface area contributed by atoms with Crippen molar-refractivity contribution in [3.05, 3.63) is 35.9 Å². The van der Waals surface area contributed by atoms with Crippen molar-refractivity contribution in [3.63, 3.8) is 0 Å². The van der Waals surface area contributed by atoms with Crippen LogP contribution in [0.4, 0.5) is 0 Å². The SMILES string of the molecule is CCC[Si](Cl)(Cl)CCc1ccccc1. The van der Waals surface area contributed by atoms with Crippen molar-refractivity contribution in [2.75, 3.05) is 0 Å². The Morgan fingerprint density at radius 3 is 2.29 bits per heavy atom. The summed E-state index contributed by atoms with van der Waals surface area (Å²) in [4.78, 5) is 0. The Bertz CT molecular complexity index is 259. The quantitative estimate of drug-likeness (QED) is 0.528. The first-order valence-electron chi connectivity index (χ1n) is 5.06. The monoisotopic (exact) mass is 246 g/mol. The third-order valence-corrected chi connectivity index (χ3v) is 6.72. The van der Waals surface area contributed by atoms with Gasteiger partial charge < -0.3 is 0 Å². The topological polar surface area (TPSA) is 0 Å². The Kier molecular flexibility index (Phi) is 5.00. The lowest BCUT2D eigenvalue weighted by molar-refractivity contribution is 1.03. The van der Waals surface area contributed by atoms with Gasteiger partial charge in [-0.3, -0.25) is 0 Å². The summed E-state index contributed by atoms with van der Waals surface area (Å²) in [5.41, 5.74) is 1.33. The molecule has 0 fully saturated rings. The number of benzene rings is 1. The molecule has 0 saturated carbocycles. The molecule has 0 unspecified atom stereocenters. The van der Waals surface area contributed by atoms with E-state index in [2.05, 4.69) is 31.2 Å². The Labute approximate surface area is 96.7 Å². The molecule has 0 aliphatic heterocycles. The Morgan fingerprint density at radius 1 is 1.07 bits per heavy atom. The van der Waals surface area contributed by atoms with E-state index in [0.29, 0.717) is 0 Å². The highest BCUT2D eigenvalue weighted by Crippen LogP contribution is 2.28. The maximum atomic E-state index is 6.29. The molecular formula is C11H16Cl2Si. The molecule has 3 heteroatoms. The summed E-state index contributed by atoms with van der Waals surface area (Å²) in [6.07, 6.45) is 2.11. The summed E-state index contributed by atoms with van der Waals surface area (Å²) >= 11 is 12.6. The fourth-order valence-corrected chi connectivity index (χ4v) is 4.80. The van der Waals surface area contributed by atoms with E-state index in [1.807, 2.05) is 6.07 Å². The second-order valence-electron chi connectivity index (χ2n) is 3.59. The minimum atomic E-state index is -1.94. The van der Waals surface area contributed by atoms with Crippen molar-refractivity contribution in [2.45, 2.75) is 31.9 Å². The molecule has 0 atom stereocenters. The molecule has 78 valence electrons. The van der Waals surface area contributed by atoms with Crippen molar-refractivity contribution >= 4 is 28.9 Å². The number of rotatable bonds is 5. The predicted octanol–water partition coefficient (Wildman–Crippen LogP) is 4.56. The summed E-state index contributed by atoms with van der Waals surface area (Å²) in [5, 5.41) is 0. The average molecular weight is 247 g/mol. The van der Waals surface area contributed by atoms with E-state index in [1.54, 1.807) is 0 Å². The molecule has 0 radical (unpaired) electrons. The van der Waals surface area contributed by atoms with E-state index in [4.69, 9.17) is 22.2 Å². The minimum absolute atomic E-state index is 0.966. The van der Waals surface area contributed by atoms with Gasteiger partial charge in [-0.2, -0.15) is 0 Å². The first-order valence-corrected chi connectivity index (χ1v) is 9.49. The van der Waals surface area contributed by atoms with Crippen LogP contribution in [0.5, 0.6) is 0 Å². The highest BCUT2D eigenvalue weighted by molar-refractivity contribution is 7.45. The highest BCUT2D eigenvalue weighted by atomic mass is 35.7. The zero-order valence-corrected chi connectivity index (χ0v) is 11.0. The normalized spacial score (nSPS) is 11.6. The van der Waals surface area contributed by atoms with Crippen LogP contribution in [0.2, 0.25) is 12.1 Å². The van der Waals surface area contributed by atoms with Gasteiger partial charge >= 0.3 is 0 Å². The third kappa shape index (κ3) is 4.49. The maximum Gasteiger partial charge on any atom is 0.251 e. The predicted molar refractivity (Wildman–Crippen MR) is 67.5 cm³/mol. The Balaban J connectivity index is 2.40. The van der Waals surface area contributed by atoms with Gasteiger partial charge in [0.05, 0.1) is 0 Å². The van der Waals surface area contributed by atoms with Crippen molar-refractivity contribution in [1.29, 1.82) is 0 Å². The van der Waals surface area contributed by atoms with Crippen LogP contribution >= 0.6 is 22.2 Å². The Morgan fingerprint density at radius 2 is 1.71 bits per heavy atom. The van der Waals surface area contributed by atoms with Crippen LogP contribution in [-0.4, -0.2) is 6.69 Å². The molecular weight excluding hydrogens is 231 g/mol. The van der Waals surface area contributed by atoms with Crippen molar-refractivity contribution < 1.29 is 0 Å². The maximum absolute atomic E-state index is 6.29. The molecule has 1 aromatic carbocycles. The largest absolute Gasteiger partial charge is 0.251 e. The fourth-order valence-electron chi connectivity index (χ4n) is 1.46. The summed E-state index contributed by atoms with van der Waals surface area (Å²) in [6, 6.07) is 12.4. The molecule has 0 spiro atoms. The molecule has 0 saturated heterocycles. The Hall–Kier alpha value is 0.0169. The molecule has 0 aromatic heterocycles. The van der Waals surface area contributed by atoms with Gasteiger partial charge in [0, 0.05) is 0 Å². The molecule has 0 N–H and O–H groups in total. The number of hydrogen-bond donors (Lipinski definition) is 0. The van der Waals surface area contributed by atoms with Crippen LogP contribution < -0.4 is 0 Å². The molecule has 0 aliphatic carbocycles.